The summed E-state index contributed by atoms with van der Waals surface area (Å²) in [7, 11) is 0. The largest absolute Gasteiger partial charge is 0.467 e. The van der Waals surface area contributed by atoms with Gasteiger partial charge in [0, 0.05) is 23.1 Å². The van der Waals surface area contributed by atoms with E-state index in [9.17, 15) is 9.59 Å². The summed E-state index contributed by atoms with van der Waals surface area (Å²) in [5.74, 6) is 1.14. The summed E-state index contributed by atoms with van der Waals surface area (Å²) in [6, 6.07) is 11.4. The average Bonchev–Trinajstić information content (AvgIpc) is 3.20. The molecule has 0 radical (unpaired) electrons. The van der Waals surface area contributed by atoms with Crippen LogP contribution in [0.5, 0.6) is 5.75 Å². The molecular weight excluding hydrogens is 360 g/mol. The quantitative estimate of drug-likeness (QED) is 0.856. The van der Waals surface area contributed by atoms with Gasteiger partial charge in [0.1, 0.15) is 5.75 Å². The molecule has 6 heteroatoms. The highest BCUT2D eigenvalue weighted by atomic mass is 32.1. The molecule has 2 bridgehead atoms. The number of para-hydroxylation sites is 1. The smallest absolute Gasteiger partial charge is 0.258 e. The molecular formula is C21H22N2O3S. The standard InChI is InChI=1S/C21H22N2O3S/c24-19(22-12-15-4-3-9-27-15)17-10-14-8-7-13(17)11-21(14)23-20(25)16-5-1-2-6-18(16)26-21/h1-6,9,13-14,17H,7-8,10-12H2,(H,22,24)(H,23,25)/t13-,14+,17-,21+/m1/s1. The molecule has 3 saturated carbocycles. The molecule has 1 aromatic heterocycles. The molecule has 5 nitrogen and oxygen atoms in total. The maximum Gasteiger partial charge on any atom is 0.258 e. The number of fused-ring (bicyclic) bond motifs is 3. The lowest BCUT2D eigenvalue weighted by Gasteiger charge is -2.55. The molecule has 2 heterocycles. The summed E-state index contributed by atoms with van der Waals surface area (Å²) >= 11 is 1.66. The lowest BCUT2D eigenvalue weighted by Crippen LogP contribution is -2.66. The van der Waals surface area contributed by atoms with Crippen molar-refractivity contribution in [3.8, 4) is 5.75 Å². The summed E-state index contributed by atoms with van der Waals surface area (Å²) in [5.41, 5.74) is -0.0615. The summed E-state index contributed by atoms with van der Waals surface area (Å²) < 4.78 is 6.35. The molecule has 1 aliphatic heterocycles. The Morgan fingerprint density at radius 2 is 2.15 bits per heavy atom. The van der Waals surface area contributed by atoms with Crippen LogP contribution in [0.1, 0.15) is 40.9 Å². The predicted molar refractivity (Wildman–Crippen MR) is 102 cm³/mol. The highest BCUT2D eigenvalue weighted by Gasteiger charge is 2.57. The van der Waals surface area contributed by atoms with Crippen molar-refractivity contribution < 1.29 is 14.3 Å². The number of hydrogen-bond donors (Lipinski definition) is 2. The predicted octanol–water partition coefficient (Wildman–Crippen LogP) is 3.32. The highest BCUT2D eigenvalue weighted by Crippen LogP contribution is 2.52. The Bertz CT molecular complexity index is 881. The lowest BCUT2D eigenvalue weighted by atomic mass is 9.60. The number of nitrogens with one attached hydrogen (secondary N) is 2. The molecule has 2 N–H and O–H groups in total. The molecule has 1 aromatic carbocycles. The van der Waals surface area contributed by atoms with Gasteiger partial charge in [-0.05, 0) is 48.8 Å². The zero-order chi connectivity index (χ0) is 18.4. The van der Waals surface area contributed by atoms with Crippen molar-refractivity contribution in [3.05, 3.63) is 52.2 Å². The van der Waals surface area contributed by atoms with E-state index in [2.05, 4.69) is 10.6 Å². The van der Waals surface area contributed by atoms with Crippen molar-refractivity contribution in [1.29, 1.82) is 0 Å². The Labute approximate surface area is 162 Å². The van der Waals surface area contributed by atoms with Crippen molar-refractivity contribution in [2.75, 3.05) is 0 Å². The Kier molecular flexibility index (Phi) is 3.97. The van der Waals surface area contributed by atoms with Gasteiger partial charge in [-0.25, -0.2) is 0 Å². The van der Waals surface area contributed by atoms with E-state index < -0.39 is 5.72 Å². The number of ether oxygens (including phenoxy) is 1. The first-order valence-corrected chi connectivity index (χ1v) is 10.4. The first-order chi connectivity index (χ1) is 13.1. The number of carbonyl (C=O) groups excluding carboxylic acids is 2. The minimum Gasteiger partial charge on any atom is -0.467 e. The fraction of sp³-hybridized carbons (Fsp3) is 0.429. The van der Waals surface area contributed by atoms with Gasteiger partial charge in [-0.2, -0.15) is 0 Å². The minimum atomic E-state index is -0.654. The van der Waals surface area contributed by atoms with Gasteiger partial charge in [0.15, 0.2) is 5.72 Å². The molecule has 2 aromatic rings. The monoisotopic (exact) mass is 382 g/mol. The van der Waals surface area contributed by atoms with Crippen LogP contribution in [-0.4, -0.2) is 17.5 Å². The van der Waals surface area contributed by atoms with Crippen LogP contribution in [0.2, 0.25) is 0 Å². The van der Waals surface area contributed by atoms with Gasteiger partial charge in [-0.15, -0.1) is 11.3 Å². The third kappa shape index (κ3) is 2.83. The van der Waals surface area contributed by atoms with Gasteiger partial charge in [0.25, 0.3) is 5.91 Å². The molecule has 0 saturated heterocycles. The third-order valence-electron chi connectivity index (χ3n) is 6.32. The molecule has 0 unspecified atom stereocenters. The van der Waals surface area contributed by atoms with Gasteiger partial charge >= 0.3 is 0 Å². The zero-order valence-electron chi connectivity index (χ0n) is 14.9. The van der Waals surface area contributed by atoms with E-state index >= 15 is 0 Å². The van der Waals surface area contributed by atoms with Crippen LogP contribution >= 0.6 is 11.3 Å². The first kappa shape index (κ1) is 16.8. The average molecular weight is 382 g/mol. The van der Waals surface area contributed by atoms with Crippen LogP contribution in [0.4, 0.5) is 0 Å². The number of benzene rings is 1. The molecule has 140 valence electrons. The normalized spacial score (nSPS) is 31.1. The van der Waals surface area contributed by atoms with E-state index in [1.165, 1.54) is 4.88 Å². The molecule has 3 aliphatic carbocycles. The second-order valence-electron chi connectivity index (χ2n) is 7.82. The van der Waals surface area contributed by atoms with Gasteiger partial charge in [-0.1, -0.05) is 18.2 Å². The van der Waals surface area contributed by atoms with Gasteiger partial charge < -0.3 is 15.4 Å². The van der Waals surface area contributed by atoms with Crippen molar-refractivity contribution in [1.82, 2.24) is 10.6 Å². The van der Waals surface area contributed by atoms with Gasteiger partial charge in [0.2, 0.25) is 5.91 Å². The first-order valence-electron chi connectivity index (χ1n) is 9.55. The van der Waals surface area contributed by atoms with Crippen LogP contribution in [0.15, 0.2) is 41.8 Å². The fourth-order valence-corrected chi connectivity index (χ4v) is 5.64. The maximum absolute atomic E-state index is 12.8. The van der Waals surface area contributed by atoms with Crippen LogP contribution in [-0.2, 0) is 11.3 Å². The molecule has 2 amide bonds. The molecule has 1 spiro atoms. The number of amides is 2. The summed E-state index contributed by atoms with van der Waals surface area (Å²) in [4.78, 5) is 26.6. The van der Waals surface area contributed by atoms with E-state index in [1.807, 2.05) is 35.7 Å². The van der Waals surface area contributed by atoms with Crippen molar-refractivity contribution in [2.45, 2.75) is 38.0 Å². The zero-order valence-corrected chi connectivity index (χ0v) is 15.8. The fourth-order valence-electron chi connectivity index (χ4n) is 5.00. The van der Waals surface area contributed by atoms with Crippen molar-refractivity contribution >= 4 is 23.2 Å². The second kappa shape index (κ2) is 6.37. The topological polar surface area (TPSA) is 67.4 Å². The molecule has 4 aliphatic rings. The number of rotatable bonds is 3. The third-order valence-corrected chi connectivity index (χ3v) is 7.20. The van der Waals surface area contributed by atoms with Gasteiger partial charge in [0.05, 0.1) is 12.1 Å². The lowest BCUT2D eigenvalue weighted by molar-refractivity contribution is -0.146. The Morgan fingerprint density at radius 1 is 1.26 bits per heavy atom. The number of hydrogen-bond acceptors (Lipinski definition) is 4. The molecule has 27 heavy (non-hydrogen) atoms. The highest BCUT2D eigenvalue weighted by molar-refractivity contribution is 7.09. The molecule has 6 rings (SSSR count). The van der Waals surface area contributed by atoms with E-state index in [0.717, 1.165) is 19.3 Å². The van der Waals surface area contributed by atoms with Crippen LogP contribution in [0, 0.1) is 17.8 Å². The summed E-state index contributed by atoms with van der Waals surface area (Å²) in [6.45, 7) is 0.593. The van der Waals surface area contributed by atoms with E-state index in [4.69, 9.17) is 4.74 Å². The number of thiophene rings is 1. The summed E-state index contributed by atoms with van der Waals surface area (Å²) in [5, 5.41) is 8.26. The second-order valence-corrected chi connectivity index (χ2v) is 8.85. The molecule has 3 fully saturated rings. The van der Waals surface area contributed by atoms with Crippen LogP contribution in [0.25, 0.3) is 0 Å². The Morgan fingerprint density at radius 3 is 2.93 bits per heavy atom. The van der Waals surface area contributed by atoms with Crippen molar-refractivity contribution in [2.24, 2.45) is 17.8 Å². The minimum absolute atomic E-state index is 0.00649. The van der Waals surface area contributed by atoms with Crippen LogP contribution < -0.4 is 15.4 Å². The Hall–Kier alpha value is -2.34. The molecule has 4 atom stereocenters. The van der Waals surface area contributed by atoms with Crippen LogP contribution in [0.3, 0.4) is 0 Å². The summed E-state index contributed by atoms with van der Waals surface area (Å²) in [6.07, 6.45) is 3.48. The maximum atomic E-state index is 12.8. The van der Waals surface area contributed by atoms with Crippen molar-refractivity contribution in [3.63, 3.8) is 0 Å². The van der Waals surface area contributed by atoms with E-state index in [1.54, 1.807) is 17.4 Å². The number of carbonyl (C=O) groups is 2. The Balaban J connectivity index is 1.32. The van der Waals surface area contributed by atoms with E-state index in [-0.39, 0.29) is 29.6 Å². The SMILES string of the molecule is O=C1N[C@@]2(C[C@H]3CC[C@H]2C[C@H]3C(=O)NCc2cccs2)Oc2ccccc21. The van der Waals surface area contributed by atoms with Gasteiger partial charge in [-0.3, -0.25) is 9.59 Å². The van der Waals surface area contributed by atoms with E-state index in [0.29, 0.717) is 24.3 Å².